The van der Waals surface area contributed by atoms with Crippen LogP contribution in [-0.4, -0.2) is 10.9 Å². The van der Waals surface area contributed by atoms with E-state index in [9.17, 15) is 4.79 Å². The molecule has 0 aliphatic heterocycles. The van der Waals surface area contributed by atoms with E-state index in [2.05, 4.69) is 42.3 Å². The Balaban J connectivity index is 1.70. The van der Waals surface area contributed by atoms with E-state index in [-0.39, 0.29) is 5.91 Å². The summed E-state index contributed by atoms with van der Waals surface area (Å²) in [6.07, 6.45) is 0.295. The number of rotatable bonds is 4. The van der Waals surface area contributed by atoms with Crippen molar-refractivity contribution in [2.24, 2.45) is 0 Å². The quantitative estimate of drug-likeness (QED) is 0.735. The number of thiazole rings is 1. The summed E-state index contributed by atoms with van der Waals surface area (Å²) < 4.78 is 0. The molecule has 122 valence electrons. The molecule has 3 rings (SSSR count). The summed E-state index contributed by atoms with van der Waals surface area (Å²) in [7, 11) is 0. The third-order valence-corrected chi connectivity index (χ3v) is 4.72. The van der Waals surface area contributed by atoms with E-state index < -0.39 is 0 Å². The lowest BCUT2D eigenvalue weighted by atomic mass is 10.0. The molecule has 1 N–H and O–H groups in total. The third kappa shape index (κ3) is 3.89. The highest BCUT2D eigenvalue weighted by atomic mass is 32.1. The van der Waals surface area contributed by atoms with Crippen molar-refractivity contribution in [1.82, 2.24) is 4.98 Å². The fourth-order valence-electron chi connectivity index (χ4n) is 2.51. The number of amides is 1. The molecule has 24 heavy (non-hydrogen) atoms. The maximum atomic E-state index is 12.2. The van der Waals surface area contributed by atoms with Crippen LogP contribution in [0.15, 0.2) is 47.8 Å². The van der Waals surface area contributed by atoms with Gasteiger partial charge in [0.05, 0.1) is 12.1 Å². The number of hydrogen-bond acceptors (Lipinski definition) is 3. The van der Waals surface area contributed by atoms with E-state index in [0.717, 1.165) is 22.0 Å². The van der Waals surface area contributed by atoms with Crippen molar-refractivity contribution in [2.75, 3.05) is 5.32 Å². The van der Waals surface area contributed by atoms with Gasteiger partial charge in [-0.1, -0.05) is 35.4 Å². The van der Waals surface area contributed by atoms with E-state index in [1.54, 1.807) is 0 Å². The van der Waals surface area contributed by atoms with Gasteiger partial charge in [-0.15, -0.1) is 11.3 Å². The van der Waals surface area contributed by atoms with Crippen LogP contribution in [0.3, 0.4) is 0 Å². The van der Waals surface area contributed by atoms with Crippen LogP contribution in [0.4, 0.5) is 5.69 Å². The number of aromatic nitrogens is 1. The van der Waals surface area contributed by atoms with E-state index in [1.807, 2.05) is 36.6 Å². The number of nitrogens with zero attached hydrogens (tertiary/aromatic N) is 1. The Hall–Kier alpha value is -2.46. The predicted molar refractivity (Wildman–Crippen MR) is 101 cm³/mol. The highest BCUT2D eigenvalue weighted by Crippen LogP contribution is 2.26. The number of carbonyl (C=O) groups is 1. The second-order valence-electron chi connectivity index (χ2n) is 6.04. The predicted octanol–water partition coefficient (Wildman–Crippen LogP) is 4.92. The summed E-state index contributed by atoms with van der Waals surface area (Å²) in [5.41, 5.74) is 6.47. The van der Waals surface area contributed by atoms with Crippen LogP contribution >= 0.6 is 11.3 Å². The minimum absolute atomic E-state index is 0.0410. The lowest BCUT2D eigenvalue weighted by Gasteiger charge is -2.05. The molecule has 0 aliphatic carbocycles. The topological polar surface area (TPSA) is 42.0 Å². The lowest BCUT2D eigenvalue weighted by Crippen LogP contribution is -2.14. The number of nitrogens with one attached hydrogen (secondary N) is 1. The minimum Gasteiger partial charge on any atom is -0.326 e. The maximum Gasteiger partial charge on any atom is 0.231 e. The SMILES string of the molecule is Cc1ccc(NC(=O)Cc2nc(-c3cc(C)ccc3C)cs2)cc1. The molecule has 1 heterocycles. The van der Waals surface area contributed by atoms with Crippen molar-refractivity contribution >= 4 is 22.9 Å². The first-order chi connectivity index (χ1) is 11.5. The first kappa shape index (κ1) is 16.4. The summed E-state index contributed by atoms with van der Waals surface area (Å²) in [5.74, 6) is -0.0410. The van der Waals surface area contributed by atoms with Crippen molar-refractivity contribution in [3.05, 3.63) is 69.5 Å². The van der Waals surface area contributed by atoms with Gasteiger partial charge in [-0.2, -0.15) is 0 Å². The molecule has 0 unspecified atom stereocenters. The number of benzene rings is 2. The molecule has 0 atom stereocenters. The minimum atomic E-state index is -0.0410. The monoisotopic (exact) mass is 336 g/mol. The summed E-state index contributed by atoms with van der Waals surface area (Å²) in [6.45, 7) is 6.18. The molecule has 1 aromatic heterocycles. The van der Waals surface area contributed by atoms with Crippen molar-refractivity contribution in [2.45, 2.75) is 27.2 Å². The molecule has 2 aromatic carbocycles. The van der Waals surface area contributed by atoms with Gasteiger partial charge in [-0.05, 0) is 44.5 Å². The largest absolute Gasteiger partial charge is 0.326 e. The van der Waals surface area contributed by atoms with Crippen molar-refractivity contribution in [3.8, 4) is 11.3 Å². The van der Waals surface area contributed by atoms with Gasteiger partial charge in [0, 0.05) is 16.6 Å². The highest BCUT2D eigenvalue weighted by molar-refractivity contribution is 7.10. The summed E-state index contributed by atoms with van der Waals surface area (Å²) in [6, 6.07) is 14.1. The molecule has 0 saturated carbocycles. The van der Waals surface area contributed by atoms with Crippen molar-refractivity contribution < 1.29 is 4.79 Å². The van der Waals surface area contributed by atoms with Crippen LogP contribution in [0.1, 0.15) is 21.7 Å². The molecule has 3 nitrogen and oxygen atoms in total. The van der Waals surface area contributed by atoms with Gasteiger partial charge in [0.15, 0.2) is 0 Å². The molecule has 0 saturated heterocycles. The molecule has 1 amide bonds. The second kappa shape index (κ2) is 6.97. The molecule has 0 radical (unpaired) electrons. The Labute approximate surface area is 146 Å². The smallest absolute Gasteiger partial charge is 0.231 e. The Bertz CT molecular complexity index is 866. The molecule has 0 aliphatic rings. The molecule has 0 bridgehead atoms. The molecule has 3 aromatic rings. The first-order valence-electron chi connectivity index (χ1n) is 7.90. The average Bonchev–Trinajstić information content (AvgIpc) is 3.00. The number of anilines is 1. The number of carbonyl (C=O) groups excluding carboxylic acids is 1. The fourth-order valence-corrected chi connectivity index (χ4v) is 3.30. The van der Waals surface area contributed by atoms with Crippen molar-refractivity contribution in [3.63, 3.8) is 0 Å². The molecule has 0 fully saturated rings. The van der Waals surface area contributed by atoms with E-state index in [1.165, 1.54) is 28.0 Å². The molecular formula is C20H20N2OS. The molecule has 4 heteroatoms. The van der Waals surface area contributed by atoms with Crippen LogP contribution in [-0.2, 0) is 11.2 Å². The van der Waals surface area contributed by atoms with Gasteiger partial charge in [-0.25, -0.2) is 4.98 Å². The zero-order valence-corrected chi connectivity index (χ0v) is 14.9. The second-order valence-corrected chi connectivity index (χ2v) is 6.98. The highest BCUT2D eigenvalue weighted by Gasteiger charge is 2.11. The van der Waals surface area contributed by atoms with Crippen LogP contribution in [0.5, 0.6) is 0 Å². The van der Waals surface area contributed by atoms with Crippen LogP contribution in [0, 0.1) is 20.8 Å². The van der Waals surface area contributed by atoms with E-state index >= 15 is 0 Å². The number of hydrogen-bond donors (Lipinski definition) is 1. The third-order valence-electron chi connectivity index (χ3n) is 3.87. The Morgan fingerprint density at radius 1 is 1.04 bits per heavy atom. The lowest BCUT2D eigenvalue weighted by molar-refractivity contribution is -0.115. The van der Waals surface area contributed by atoms with Gasteiger partial charge in [0.2, 0.25) is 5.91 Å². The Morgan fingerprint density at radius 2 is 1.75 bits per heavy atom. The van der Waals surface area contributed by atoms with E-state index in [4.69, 9.17) is 0 Å². The van der Waals surface area contributed by atoms with Gasteiger partial charge in [0.25, 0.3) is 0 Å². The average molecular weight is 336 g/mol. The molecule has 0 spiro atoms. The van der Waals surface area contributed by atoms with E-state index in [0.29, 0.717) is 6.42 Å². The van der Waals surface area contributed by atoms with Gasteiger partial charge in [0.1, 0.15) is 5.01 Å². The first-order valence-corrected chi connectivity index (χ1v) is 8.78. The van der Waals surface area contributed by atoms with Crippen LogP contribution in [0.25, 0.3) is 11.3 Å². The molecular weight excluding hydrogens is 316 g/mol. The summed E-state index contributed by atoms with van der Waals surface area (Å²) >= 11 is 1.53. The Kier molecular flexibility index (Phi) is 4.76. The normalized spacial score (nSPS) is 10.6. The zero-order chi connectivity index (χ0) is 17.1. The van der Waals surface area contributed by atoms with Gasteiger partial charge >= 0.3 is 0 Å². The number of aryl methyl sites for hydroxylation is 3. The maximum absolute atomic E-state index is 12.2. The van der Waals surface area contributed by atoms with Crippen LogP contribution < -0.4 is 5.32 Å². The Morgan fingerprint density at radius 3 is 2.50 bits per heavy atom. The summed E-state index contributed by atoms with van der Waals surface area (Å²) in [4.78, 5) is 16.8. The van der Waals surface area contributed by atoms with Gasteiger partial charge in [-0.3, -0.25) is 4.79 Å². The summed E-state index contributed by atoms with van der Waals surface area (Å²) in [5, 5.41) is 5.77. The van der Waals surface area contributed by atoms with Gasteiger partial charge < -0.3 is 5.32 Å². The van der Waals surface area contributed by atoms with Crippen LogP contribution in [0.2, 0.25) is 0 Å². The zero-order valence-electron chi connectivity index (χ0n) is 14.1. The fraction of sp³-hybridized carbons (Fsp3) is 0.200. The van der Waals surface area contributed by atoms with Crippen molar-refractivity contribution in [1.29, 1.82) is 0 Å². The standard InChI is InChI=1S/C20H20N2OS/c1-13-5-8-16(9-6-13)21-19(23)11-20-22-18(12-24-20)17-10-14(2)4-7-15(17)3/h4-10,12H,11H2,1-3H3,(H,21,23).